The number of ether oxygens (including phenoxy) is 1. The number of aromatic nitrogens is 1. The predicted octanol–water partition coefficient (Wildman–Crippen LogP) is 6.26. The Hall–Kier alpha value is -3.40. The first kappa shape index (κ1) is 27.6. The number of ketones is 1. The number of sulfonamides is 1. The summed E-state index contributed by atoms with van der Waals surface area (Å²) in [5, 5.41) is 0. The van der Waals surface area contributed by atoms with Crippen LogP contribution in [0.1, 0.15) is 37.9 Å². The molecule has 1 aliphatic rings. The van der Waals surface area contributed by atoms with Gasteiger partial charge < -0.3 is 4.74 Å². The molecule has 2 aromatic carbocycles. The zero-order chi connectivity index (χ0) is 27.9. The van der Waals surface area contributed by atoms with E-state index in [1.807, 2.05) is 25.1 Å². The SMILES string of the molecule is Cc1cccc(S(=O)(=O)N2C[C@H](CCC(=O)C(C)(C)C(F)(F)F)Oc3ccc(-c4cccc(C)n4)cc32)c1. The standard InChI is InChI=1S/C28H29F3N2O4S/c1-18-7-5-9-22(15-18)38(35,36)33-17-21(12-14-26(34)27(3,4)28(29,30)31)37-25-13-11-20(16-24(25)33)23-10-6-8-19(2)32-23/h5-11,13,15-16,21H,12,14,17H2,1-4H3/t21-/m0/s1. The highest BCUT2D eigenvalue weighted by Crippen LogP contribution is 2.42. The third-order valence-corrected chi connectivity index (χ3v) is 8.53. The van der Waals surface area contributed by atoms with Crippen LogP contribution in [0.3, 0.4) is 0 Å². The molecule has 0 N–H and O–H groups in total. The van der Waals surface area contributed by atoms with E-state index in [4.69, 9.17) is 4.74 Å². The molecule has 0 fully saturated rings. The minimum atomic E-state index is -4.69. The van der Waals surface area contributed by atoms with Crippen molar-refractivity contribution in [1.29, 1.82) is 0 Å². The van der Waals surface area contributed by atoms with Crippen molar-refractivity contribution in [2.24, 2.45) is 5.41 Å². The molecule has 0 saturated heterocycles. The van der Waals surface area contributed by atoms with Crippen LogP contribution >= 0.6 is 0 Å². The van der Waals surface area contributed by atoms with Crippen LogP contribution < -0.4 is 9.04 Å². The summed E-state index contributed by atoms with van der Waals surface area (Å²) >= 11 is 0. The summed E-state index contributed by atoms with van der Waals surface area (Å²) < 4.78 is 74.9. The molecule has 0 bridgehead atoms. The molecule has 1 atom stereocenters. The normalized spacial score (nSPS) is 16.1. The topological polar surface area (TPSA) is 76.6 Å². The number of carbonyl (C=O) groups is 1. The van der Waals surface area contributed by atoms with Crippen LogP contribution in [0.5, 0.6) is 5.75 Å². The lowest BCUT2D eigenvalue weighted by atomic mass is 9.84. The summed E-state index contributed by atoms with van der Waals surface area (Å²) in [6.07, 6.45) is -5.99. The molecule has 38 heavy (non-hydrogen) atoms. The molecule has 2 heterocycles. The molecular weight excluding hydrogens is 517 g/mol. The second-order valence-electron chi connectivity index (χ2n) is 10.0. The highest BCUT2D eigenvalue weighted by Gasteiger charge is 2.52. The molecule has 0 amide bonds. The number of nitrogens with zero attached hydrogens (tertiary/aromatic N) is 2. The molecule has 0 unspecified atom stereocenters. The molecule has 6 nitrogen and oxygen atoms in total. The molecule has 1 aliphatic heterocycles. The van der Waals surface area contributed by atoms with E-state index in [9.17, 15) is 26.4 Å². The first-order valence-electron chi connectivity index (χ1n) is 12.1. The molecule has 0 spiro atoms. The van der Waals surface area contributed by atoms with Gasteiger partial charge in [-0.15, -0.1) is 0 Å². The zero-order valence-electron chi connectivity index (χ0n) is 21.5. The van der Waals surface area contributed by atoms with Crippen molar-refractivity contribution in [2.75, 3.05) is 10.8 Å². The fourth-order valence-electron chi connectivity index (χ4n) is 4.22. The Morgan fingerprint density at radius 1 is 1.05 bits per heavy atom. The average molecular weight is 547 g/mol. The average Bonchev–Trinajstić information content (AvgIpc) is 2.85. The van der Waals surface area contributed by atoms with Crippen LogP contribution in [-0.4, -0.2) is 38.0 Å². The summed E-state index contributed by atoms with van der Waals surface area (Å²) in [4.78, 5) is 17.1. The van der Waals surface area contributed by atoms with Crippen LogP contribution in [0.4, 0.5) is 18.9 Å². The number of aryl methyl sites for hydroxylation is 2. The maximum atomic E-state index is 13.8. The third kappa shape index (κ3) is 5.41. The quantitative estimate of drug-likeness (QED) is 0.350. The van der Waals surface area contributed by atoms with Gasteiger partial charge in [0.1, 0.15) is 23.1 Å². The lowest BCUT2D eigenvalue weighted by Crippen LogP contribution is -2.45. The van der Waals surface area contributed by atoms with E-state index >= 15 is 0 Å². The lowest BCUT2D eigenvalue weighted by Gasteiger charge is -2.36. The summed E-state index contributed by atoms with van der Waals surface area (Å²) in [5.74, 6) is -0.718. The number of Topliss-reactive ketones (excluding diaryl/α,β-unsaturated/α-hetero) is 1. The van der Waals surface area contributed by atoms with Gasteiger partial charge >= 0.3 is 6.18 Å². The Morgan fingerprint density at radius 2 is 1.76 bits per heavy atom. The van der Waals surface area contributed by atoms with E-state index < -0.39 is 39.9 Å². The maximum Gasteiger partial charge on any atom is 0.400 e. The first-order valence-corrected chi connectivity index (χ1v) is 13.6. The Morgan fingerprint density at radius 3 is 2.42 bits per heavy atom. The van der Waals surface area contributed by atoms with Gasteiger partial charge in [-0.2, -0.15) is 13.2 Å². The second-order valence-corrected chi connectivity index (χ2v) is 11.9. The minimum Gasteiger partial charge on any atom is -0.486 e. The molecule has 4 rings (SSSR count). The number of hydrogen-bond acceptors (Lipinski definition) is 5. The van der Waals surface area contributed by atoms with E-state index in [0.29, 0.717) is 16.9 Å². The summed E-state index contributed by atoms with van der Waals surface area (Å²) in [6.45, 7) is 5.17. The smallest absolute Gasteiger partial charge is 0.400 e. The largest absolute Gasteiger partial charge is 0.486 e. The molecule has 0 aliphatic carbocycles. The fourth-order valence-corrected chi connectivity index (χ4v) is 5.82. The number of fused-ring (bicyclic) bond motifs is 1. The summed E-state index contributed by atoms with van der Waals surface area (Å²) in [7, 11) is -4.06. The van der Waals surface area contributed by atoms with Gasteiger partial charge in [0, 0.05) is 17.7 Å². The summed E-state index contributed by atoms with van der Waals surface area (Å²) in [6, 6.07) is 17.0. The van der Waals surface area contributed by atoms with Crippen LogP contribution in [-0.2, 0) is 14.8 Å². The van der Waals surface area contributed by atoms with Crippen LogP contribution in [0.2, 0.25) is 0 Å². The van der Waals surface area contributed by atoms with Crippen molar-refractivity contribution in [2.45, 2.75) is 57.7 Å². The van der Waals surface area contributed by atoms with Gasteiger partial charge in [-0.05, 0) is 82.1 Å². The molecule has 0 saturated carbocycles. The van der Waals surface area contributed by atoms with E-state index in [0.717, 1.165) is 25.1 Å². The number of alkyl halides is 3. The molecule has 1 aromatic heterocycles. The predicted molar refractivity (Wildman–Crippen MR) is 139 cm³/mol. The number of halogens is 3. The van der Waals surface area contributed by atoms with Crippen LogP contribution in [0.15, 0.2) is 65.6 Å². The number of anilines is 1. The molecule has 0 radical (unpaired) electrons. The number of benzene rings is 2. The van der Waals surface area contributed by atoms with E-state index in [1.54, 1.807) is 43.3 Å². The first-order chi connectivity index (χ1) is 17.7. The van der Waals surface area contributed by atoms with E-state index in [1.165, 1.54) is 10.4 Å². The van der Waals surface area contributed by atoms with Gasteiger partial charge in [-0.3, -0.25) is 14.1 Å². The summed E-state index contributed by atoms with van der Waals surface area (Å²) in [5.41, 5.74) is 0.679. The van der Waals surface area contributed by atoms with Gasteiger partial charge in [0.05, 0.1) is 22.8 Å². The van der Waals surface area contributed by atoms with Crippen molar-refractivity contribution >= 4 is 21.5 Å². The van der Waals surface area contributed by atoms with Gasteiger partial charge in [0.2, 0.25) is 0 Å². The highest BCUT2D eigenvalue weighted by molar-refractivity contribution is 7.92. The Labute approximate surface area is 220 Å². The van der Waals surface area contributed by atoms with Gasteiger partial charge in [-0.1, -0.05) is 18.2 Å². The Bertz CT molecular complexity index is 1470. The second kappa shape index (κ2) is 10.1. The number of carbonyl (C=O) groups excluding carboxylic acids is 1. The Balaban J connectivity index is 1.71. The Kier molecular flexibility index (Phi) is 7.31. The van der Waals surface area contributed by atoms with Crippen LogP contribution in [0.25, 0.3) is 11.3 Å². The van der Waals surface area contributed by atoms with Crippen molar-refractivity contribution in [3.8, 4) is 17.0 Å². The molecule has 10 heteroatoms. The van der Waals surface area contributed by atoms with Gasteiger partial charge in [-0.25, -0.2) is 8.42 Å². The third-order valence-electron chi connectivity index (χ3n) is 6.75. The maximum absolute atomic E-state index is 13.8. The minimum absolute atomic E-state index is 0.0706. The zero-order valence-corrected chi connectivity index (χ0v) is 22.4. The number of pyridine rings is 1. The van der Waals surface area contributed by atoms with Crippen molar-refractivity contribution in [3.63, 3.8) is 0 Å². The molecule has 202 valence electrons. The highest BCUT2D eigenvalue weighted by atomic mass is 32.2. The van der Waals surface area contributed by atoms with E-state index in [-0.39, 0.29) is 23.6 Å². The van der Waals surface area contributed by atoms with Crippen molar-refractivity contribution in [1.82, 2.24) is 4.98 Å². The van der Waals surface area contributed by atoms with E-state index in [2.05, 4.69) is 4.98 Å². The monoisotopic (exact) mass is 546 g/mol. The van der Waals surface area contributed by atoms with Gasteiger partial charge in [0.15, 0.2) is 0 Å². The van der Waals surface area contributed by atoms with Gasteiger partial charge in [0.25, 0.3) is 10.0 Å². The molecule has 3 aromatic rings. The van der Waals surface area contributed by atoms with Crippen molar-refractivity contribution < 1.29 is 31.1 Å². The number of hydrogen-bond donors (Lipinski definition) is 0. The van der Waals surface area contributed by atoms with Crippen molar-refractivity contribution in [3.05, 3.63) is 71.9 Å². The van der Waals surface area contributed by atoms with Crippen LogP contribution in [0, 0.1) is 19.3 Å². The number of rotatable bonds is 7. The lowest BCUT2D eigenvalue weighted by molar-refractivity contribution is -0.210. The fraction of sp³-hybridized carbons (Fsp3) is 0.357. The molecular formula is C28H29F3N2O4S.